The molecule has 1 fully saturated rings. The maximum atomic E-state index is 15.5. The Morgan fingerprint density at radius 3 is 1.54 bits per heavy atom. The third-order valence-corrected chi connectivity index (χ3v) is 19.3. The second kappa shape index (κ2) is 14.0. The van der Waals surface area contributed by atoms with Crippen LogP contribution >= 0.6 is 0 Å². The van der Waals surface area contributed by atoms with Crippen molar-refractivity contribution in [3.8, 4) is 44.5 Å². The van der Waals surface area contributed by atoms with Crippen molar-refractivity contribution >= 4 is 49.7 Å². The van der Waals surface area contributed by atoms with Crippen LogP contribution in [0, 0.1) is 11.3 Å². The molecule has 0 N–H and O–H groups in total. The molecule has 0 amide bonds. The molecule has 1 saturated carbocycles. The zero-order chi connectivity index (χ0) is 48.0. The molecule has 9 aromatic carbocycles. The molecule has 0 aliphatic heterocycles. The molecule has 3 unspecified atom stereocenters. The van der Waals surface area contributed by atoms with Gasteiger partial charge < -0.3 is 4.40 Å². The highest BCUT2D eigenvalue weighted by Crippen LogP contribution is 2.74. The minimum atomic E-state index is -0.366. The number of hydrogen-bond donors (Lipinski definition) is 0. The minimum Gasteiger partial charge on any atom is -0.308 e. The normalized spacial score (nSPS) is 23.3. The Hall–Kier alpha value is -7.88. The van der Waals surface area contributed by atoms with Crippen LogP contribution in [0.4, 0.5) is 0 Å². The van der Waals surface area contributed by atoms with Crippen LogP contribution in [0.15, 0.2) is 188 Å². The van der Waals surface area contributed by atoms with Gasteiger partial charge in [0.1, 0.15) is 0 Å². The highest BCUT2D eigenvalue weighted by atomic mass is 16.1. The minimum absolute atomic E-state index is 0.0683. The third-order valence-electron chi connectivity index (χ3n) is 19.3. The van der Waals surface area contributed by atoms with Crippen LogP contribution in [-0.2, 0) is 10.8 Å². The molecular formula is C69H51NO2. The van der Waals surface area contributed by atoms with E-state index in [0.717, 1.165) is 81.0 Å². The van der Waals surface area contributed by atoms with Gasteiger partial charge in [0, 0.05) is 49.4 Å². The highest BCUT2D eigenvalue weighted by Gasteiger charge is 2.69. The number of benzene rings is 9. The van der Waals surface area contributed by atoms with Gasteiger partial charge in [0.2, 0.25) is 0 Å². The smallest absolute Gasteiger partial charge is 0.171 e. The highest BCUT2D eigenvalue weighted by molar-refractivity contribution is 6.27. The van der Waals surface area contributed by atoms with Gasteiger partial charge in [0.05, 0.1) is 22.5 Å². The summed E-state index contributed by atoms with van der Waals surface area (Å²) in [5.74, 6) is 0.623. The van der Waals surface area contributed by atoms with Gasteiger partial charge in [-0.25, -0.2) is 0 Å². The van der Waals surface area contributed by atoms with Gasteiger partial charge in [-0.05, 0) is 163 Å². The van der Waals surface area contributed by atoms with E-state index in [1.807, 2.05) is 0 Å². The number of aromatic nitrogens is 1. The first-order valence-electron chi connectivity index (χ1n) is 26.2. The zero-order valence-corrected chi connectivity index (χ0v) is 40.7. The van der Waals surface area contributed by atoms with Crippen molar-refractivity contribution in [2.24, 2.45) is 11.3 Å². The second-order valence-corrected chi connectivity index (χ2v) is 22.6. The van der Waals surface area contributed by atoms with Crippen LogP contribution in [0.2, 0.25) is 0 Å². The van der Waals surface area contributed by atoms with Crippen LogP contribution in [0.1, 0.15) is 112 Å². The first-order chi connectivity index (χ1) is 35.2. The van der Waals surface area contributed by atoms with Crippen LogP contribution in [-0.4, -0.2) is 16.0 Å². The summed E-state index contributed by atoms with van der Waals surface area (Å²) in [6.45, 7) is 6.93. The molecule has 344 valence electrons. The van der Waals surface area contributed by atoms with Gasteiger partial charge >= 0.3 is 0 Å². The van der Waals surface area contributed by atoms with Gasteiger partial charge in [-0.2, -0.15) is 0 Å². The van der Waals surface area contributed by atoms with Crippen LogP contribution < -0.4 is 0 Å². The number of fused-ring (bicyclic) bond motifs is 14. The lowest BCUT2D eigenvalue weighted by Crippen LogP contribution is -2.61. The number of carbonyl (C=O) groups is 2. The molecule has 17 rings (SSSR count). The molecule has 0 saturated heterocycles. The van der Waals surface area contributed by atoms with E-state index in [1.165, 1.54) is 71.8 Å². The Balaban J connectivity index is 1.05. The quantitative estimate of drug-likeness (QED) is 0.172. The summed E-state index contributed by atoms with van der Waals surface area (Å²) in [6.07, 6.45) is 3.86. The predicted molar refractivity (Wildman–Crippen MR) is 293 cm³/mol. The zero-order valence-electron chi connectivity index (χ0n) is 40.7. The Bertz CT molecular complexity index is 4130. The van der Waals surface area contributed by atoms with Crippen molar-refractivity contribution in [3.63, 3.8) is 0 Å². The van der Waals surface area contributed by atoms with Crippen molar-refractivity contribution in [2.45, 2.75) is 69.1 Å². The van der Waals surface area contributed by atoms with Gasteiger partial charge in [-0.1, -0.05) is 160 Å². The average Bonchev–Trinajstić information content (AvgIpc) is 3.86. The summed E-state index contributed by atoms with van der Waals surface area (Å²) >= 11 is 0. The molecule has 3 nitrogen and oxygen atoms in total. The van der Waals surface area contributed by atoms with E-state index < -0.39 is 0 Å². The lowest BCUT2D eigenvalue weighted by atomic mass is 9.36. The van der Waals surface area contributed by atoms with Crippen molar-refractivity contribution in [1.29, 1.82) is 0 Å². The Morgan fingerprint density at radius 1 is 0.444 bits per heavy atom. The summed E-state index contributed by atoms with van der Waals surface area (Å²) in [7, 11) is 0. The molecule has 11 aromatic rings. The summed E-state index contributed by atoms with van der Waals surface area (Å²) in [6, 6.07) is 69.2. The fourth-order valence-corrected chi connectivity index (χ4v) is 15.7. The standard InChI is InChI=1S/C69H51NO2/c1-39(2)68-29-27-67(3,28-30-68)58-36-50-53-34-44(61-47(41-19-9-5-10-20-41)31-43(40-17-7-4-8-18-40)32-48(61)42-21-11-6-12-22-42)33-52-49-35-51-54(37-59(49)70(64(52)53)60(50)38-55(58)66(68)72)65(71)63-46-24-14-16-26-57(46)69(63)56-25-15-13-23-45(56)62(51)69/h4-26,31-39,62-63H,27-30H2,1-3H3. The summed E-state index contributed by atoms with van der Waals surface area (Å²) in [4.78, 5) is 30.9. The molecule has 6 aliphatic carbocycles. The maximum Gasteiger partial charge on any atom is 0.171 e. The molecule has 2 aromatic heterocycles. The van der Waals surface area contributed by atoms with E-state index in [1.54, 1.807) is 0 Å². The topological polar surface area (TPSA) is 38.5 Å². The van der Waals surface area contributed by atoms with Crippen molar-refractivity contribution in [2.75, 3.05) is 0 Å². The lowest BCUT2D eigenvalue weighted by Gasteiger charge is -2.64. The number of nitrogens with zero attached hydrogens (tertiary/aromatic N) is 1. The van der Waals surface area contributed by atoms with Gasteiger partial charge in [0.25, 0.3) is 0 Å². The number of carbonyl (C=O) groups excluding carboxylic acids is 2. The molecule has 2 heterocycles. The van der Waals surface area contributed by atoms with Crippen LogP contribution in [0.3, 0.4) is 0 Å². The average molecular weight is 926 g/mol. The van der Waals surface area contributed by atoms with E-state index in [9.17, 15) is 0 Å². The fourth-order valence-electron chi connectivity index (χ4n) is 15.7. The van der Waals surface area contributed by atoms with Crippen LogP contribution in [0.5, 0.6) is 0 Å². The number of Topliss-reactive ketones (excluding diaryl/α,β-unsaturated/α-hetero) is 2. The molecule has 3 atom stereocenters. The van der Waals surface area contributed by atoms with Crippen molar-refractivity contribution in [1.82, 2.24) is 4.40 Å². The van der Waals surface area contributed by atoms with E-state index in [0.29, 0.717) is 5.78 Å². The second-order valence-electron chi connectivity index (χ2n) is 22.6. The molecule has 72 heavy (non-hydrogen) atoms. The Labute approximate surface area is 419 Å². The molecule has 0 radical (unpaired) electrons. The number of rotatable bonds is 5. The third kappa shape index (κ3) is 4.88. The van der Waals surface area contributed by atoms with Gasteiger partial charge in [-0.15, -0.1) is 0 Å². The molecule has 3 heteroatoms. The van der Waals surface area contributed by atoms with E-state index in [4.69, 9.17) is 0 Å². The van der Waals surface area contributed by atoms with Crippen LogP contribution in [0.25, 0.3) is 82.6 Å². The van der Waals surface area contributed by atoms with Crippen molar-refractivity contribution < 1.29 is 9.59 Å². The monoisotopic (exact) mass is 925 g/mol. The Morgan fingerprint density at radius 2 is 0.958 bits per heavy atom. The summed E-state index contributed by atoms with van der Waals surface area (Å²) in [5, 5.41) is 4.66. The largest absolute Gasteiger partial charge is 0.308 e. The number of hydrogen-bond acceptors (Lipinski definition) is 2. The molecular weight excluding hydrogens is 875 g/mol. The SMILES string of the molecule is CC(C)C12CCC(C)(CC1)c1cc3c4cc(-c5c(-c6ccccc6)cc(-c6ccccc6)cc5-c5ccccc5)cc5c6cc7c(cc6n(c3cc1C2=O)c54)C(=O)C1c2ccccc2C12c1ccccc1C72. The molecule has 6 aliphatic rings. The molecule has 1 spiro atoms. The molecule has 2 bridgehead atoms. The summed E-state index contributed by atoms with van der Waals surface area (Å²) in [5.41, 5.74) is 20.9. The summed E-state index contributed by atoms with van der Waals surface area (Å²) < 4.78 is 2.44. The van der Waals surface area contributed by atoms with E-state index in [-0.39, 0.29) is 39.8 Å². The van der Waals surface area contributed by atoms with Gasteiger partial charge in [0.15, 0.2) is 11.6 Å². The first-order valence-corrected chi connectivity index (χ1v) is 26.2. The van der Waals surface area contributed by atoms with Crippen molar-refractivity contribution in [3.05, 3.63) is 233 Å². The lowest BCUT2D eigenvalue weighted by molar-refractivity contribution is 0.0543. The van der Waals surface area contributed by atoms with Gasteiger partial charge in [-0.3, -0.25) is 9.59 Å². The van der Waals surface area contributed by atoms with E-state index >= 15 is 9.59 Å². The predicted octanol–water partition coefficient (Wildman–Crippen LogP) is 16.9. The fraction of sp³-hybridized carbons (Fsp3) is 0.188. The van der Waals surface area contributed by atoms with E-state index in [2.05, 4.69) is 213 Å². The number of ketones is 2. The Kier molecular flexibility index (Phi) is 7.91. The maximum absolute atomic E-state index is 15.5. The first kappa shape index (κ1) is 40.8.